The predicted octanol–water partition coefficient (Wildman–Crippen LogP) is 4.09. The van der Waals surface area contributed by atoms with E-state index in [1.807, 2.05) is 20.8 Å². The van der Waals surface area contributed by atoms with Gasteiger partial charge in [0.15, 0.2) is 11.5 Å². The predicted molar refractivity (Wildman–Crippen MR) is 81.3 cm³/mol. The van der Waals surface area contributed by atoms with Crippen molar-refractivity contribution in [3.63, 3.8) is 0 Å². The van der Waals surface area contributed by atoms with Gasteiger partial charge in [-0.3, -0.25) is 0 Å². The Balaban J connectivity index is 2.39. The van der Waals surface area contributed by atoms with E-state index in [1.54, 1.807) is 13.2 Å². The third-order valence-corrected chi connectivity index (χ3v) is 3.44. The average Bonchev–Trinajstić information content (AvgIpc) is 2.87. The Hall–Kier alpha value is -1.60. The molecule has 1 heterocycles. The Morgan fingerprint density at radius 2 is 1.96 bits per heavy atom. The Kier molecular flexibility index (Phi) is 5.31. The number of hydrogen-bond donors (Lipinski definition) is 1. The molecular weight excluding hydrogens is 309 g/mol. The van der Waals surface area contributed by atoms with Crippen molar-refractivity contribution in [2.45, 2.75) is 45.5 Å². The van der Waals surface area contributed by atoms with Crippen LogP contribution in [-0.2, 0) is 17.5 Å². The van der Waals surface area contributed by atoms with Crippen LogP contribution in [0.1, 0.15) is 43.7 Å². The molecule has 0 aliphatic rings. The van der Waals surface area contributed by atoms with E-state index >= 15 is 0 Å². The van der Waals surface area contributed by atoms with Crippen LogP contribution in [0.5, 0.6) is 0 Å². The van der Waals surface area contributed by atoms with Gasteiger partial charge in [0.05, 0.1) is 6.61 Å². The van der Waals surface area contributed by atoms with Crippen LogP contribution < -0.4 is 5.32 Å². The first kappa shape index (κ1) is 17.7. The minimum Gasteiger partial charge on any atom is -0.440 e. The van der Waals surface area contributed by atoms with Crippen LogP contribution in [0.15, 0.2) is 16.5 Å². The lowest BCUT2D eigenvalue weighted by Gasteiger charge is -2.14. The number of halogens is 3. The number of hydrogen-bond acceptors (Lipinski definition) is 4. The lowest BCUT2D eigenvalue weighted by atomic mass is 10.1. The SMILES string of the molecule is COCC(C)NCc1cc(C(F)(F)F)c2oc(C(C)C)nc2c1. The first-order valence-electron chi connectivity index (χ1n) is 7.45. The van der Waals surface area contributed by atoms with E-state index in [1.165, 1.54) is 0 Å². The summed E-state index contributed by atoms with van der Waals surface area (Å²) in [6, 6.07) is 2.78. The molecule has 0 radical (unpaired) electrons. The van der Waals surface area contributed by atoms with Crippen molar-refractivity contribution in [2.75, 3.05) is 13.7 Å². The Morgan fingerprint density at radius 1 is 1.26 bits per heavy atom. The largest absolute Gasteiger partial charge is 0.440 e. The maximum atomic E-state index is 13.3. The van der Waals surface area contributed by atoms with Crippen LogP contribution in [0.25, 0.3) is 11.1 Å². The number of methoxy groups -OCH3 is 1. The zero-order valence-electron chi connectivity index (χ0n) is 13.6. The van der Waals surface area contributed by atoms with Gasteiger partial charge in [0.25, 0.3) is 0 Å². The number of rotatable bonds is 6. The molecule has 0 aliphatic heterocycles. The number of nitrogens with one attached hydrogen (secondary N) is 1. The Bertz CT molecular complexity index is 665. The van der Waals surface area contributed by atoms with Crippen LogP contribution in [0.3, 0.4) is 0 Å². The quantitative estimate of drug-likeness (QED) is 0.866. The van der Waals surface area contributed by atoms with Gasteiger partial charge in [0.1, 0.15) is 11.1 Å². The summed E-state index contributed by atoms with van der Waals surface area (Å²) in [5.74, 6) is 0.232. The molecule has 0 spiro atoms. The van der Waals surface area contributed by atoms with Crippen molar-refractivity contribution >= 4 is 11.1 Å². The standard InChI is InChI=1S/C16H21F3N2O2/c1-9(2)15-21-13-6-11(7-20-10(3)8-22-4)5-12(14(13)23-15)16(17,18)19/h5-6,9-10,20H,7-8H2,1-4H3. The van der Waals surface area contributed by atoms with Gasteiger partial charge >= 0.3 is 6.18 Å². The molecule has 0 saturated carbocycles. The highest BCUT2D eigenvalue weighted by molar-refractivity contribution is 5.78. The molecule has 0 amide bonds. The summed E-state index contributed by atoms with van der Waals surface area (Å²) >= 11 is 0. The van der Waals surface area contributed by atoms with Gasteiger partial charge in [0, 0.05) is 25.6 Å². The molecule has 1 N–H and O–H groups in total. The highest BCUT2D eigenvalue weighted by Crippen LogP contribution is 2.37. The fourth-order valence-corrected chi connectivity index (χ4v) is 2.27. The monoisotopic (exact) mass is 330 g/mol. The third-order valence-electron chi connectivity index (χ3n) is 3.44. The minimum atomic E-state index is -4.49. The van der Waals surface area contributed by atoms with Crippen LogP contribution in [0.2, 0.25) is 0 Å². The zero-order chi connectivity index (χ0) is 17.2. The molecule has 0 fully saturated rings. The first-order chi connectivity index (χ1) is 10.7. The molecule has 2 rings (SSSR count). The molecule has 0 bridgehead atoms. The van der Waals surface area contributed by atoms with Crippen LogP contribution >= 0.6 is 0 Å². The van der Waals surface area contributed by atoms with E-state index in [0.717, 1.165) is 6.07 Å². The number of alkyl halides is 3. The number of aromatic nitrogens is 1. The van der Waals surface area contributed by atoms with E-state index in [2.05, 4.69) is 10.3 Å². The highest BCUT2D eigenvalue weighted by atomic mass is 19.4. The molecule has 128 valence electrons. The summed E-state index contributed by atoms with van der Waals surface area (Å²) in [4.78, 5) is 4.19. The number of nitrogens with zero attached hydrogens (tertiary/aromatic N) is 1. The number of benzene rings is 1. The lowest BCUT2D eigenvalue weighted by Crippen LogP contribution is -2.29. The summed E-state index contributed by atoms with van der Waals surface area (Å²) in [6.45, 7) is 6.34. The molecule has 0 aliphatic carbocycles. The Morgan fingerprint density at radius 3 is 2.52 bits per heavy atom. The fourth-order valence-electron chi connectivity index (χ4n) is 2.27. The van der Waals surface area contributed by atoms with E-state index < -0.39 is 11.7 Å². The van der Waals surface area contributed by atoms with Crippen molar-refractivity contribution in [1.29, 1.82) is 0 Å². The summed E-state index contributed by atoms with van der Waals surface area (Å²) in [6.07, 6.45) is -4.49. The second-order valence-electron chi connectivity index (χ2n) is 5.93. The first-order valence-corrected chi connectivity index (χ1v) is 7.45. The smallest absolute Gasteiger partial charge is 0.420 e. The normalized spacial score (nSPS) is 13.9. The van der Waals surface area contributed by atoms with Gasteiger partial charge in [-0.25, -0.2) is 4.98 Å². The summed E-state index contributed by atoms with van der Waals surface area (Å²) in [7, 11) is 1.58. The van der Waals surface area contributed by atoms with E-state index in [4.69, 9.17) is 9.15 Å². The van der Waals surface area contributed by atoms with Gasteiger partial charge in [-0.2, -0.15) is 13.2 Å². The van der Waals surface area contributed by atoms with Crippen LogP contribution in [0.4, 0.5) is 13.2 Å². The summed E-state index contributed by atoms with van der Waals surface area (Å²) < 4.78 is 50.2. The highest BCUT2D eigenvalue weighted by Gasteiger charge is 2.35. The second-order valence-corrected chi connectivity index (χ2v) is 5.93. The van der Waals surface area contributed by atoms with Gasteiger partial charge in [0.2, 0.25) is 0 Å². The maximum absolute atomic E-state index is 13.3. The molecule has 1 atom stereocenters. The summed E-state index contributed by atoms with van der Waals surface area (Å²) in [5, 5.41) is 3.12. The van der Waals surface area contributed by atoms with Gasteiger partial charge in [-0.05, 0) is 24.6 Å². The van der Waals surface area contributed by atoms with E-state index in [9.17, 15) is 13.2 Å². The molecule has 0 saturated heterocycles. The van der Waals surface area contributed by atoms with Crippen molar-refractivity contribution in [3.05, 3.63) is 29.2 Å². The van der Waals surface area contributed by atoms with Crippen molar-refractivity contribution in [3.8, 4) is 0 Å². The average molecular weight is 330 g/mol. The van der Waals surface area contributed by atoms with Gasteiger partial charge in [-0.15, -0.1) is 0 Å². The third kappa shape index (κ3) is 4.23. The number of oxazole rings is 1. The van der Waals surface area contributed by atoms with Crippen LogP contribution in [0, 0.1) is 0 Å². The Labute approximate surface area is 133 Å². The van der Waals surface area contributed by atoms with E-state index in [0.29, 0.717) is 24.6 Å². The molecule has 2 aromatic rings. The maximum Gasteiger partial charge on any atom is 0.420 e. The van der Waals surface area contributed by atoms with Crippen LogP contribution in [-0.4, -0.2) is 24.7 Å². The second kappa shape index (κ2) is 6.88. The molecule has 1 unspecified atom stereocenters. The minimum absolute atomic E-state index is 0.0357. The van der Waals surface area contributed by atoms with Crippen molar-refractivity contribution < 1.29 is 22.3 Å². The molecule has 4 nitrogen and oxygen atoms in total. The zero-order valence-corrected chi connectivity index (χ0v) is 13.6. The molecular formula is C16H21F3N2O2. The van der Waals surface area contributed by atoms with Crippen molar-refractivity contribution in [1.82, 2.24) is 10.3 Å². The molecule has 7 heteroatoms. The van der Waals surface area contributed by atoms with E-state index in [-0.39, 0.29) is 23.1 Å². The summed E-state index contributed by atoms with van der Waals surface area (Å²) in [5.41, 5.74) is -0.239. The number of fused-ring (bicyclic) bond motifs is 1. The molecule has 1 aromatic carbocycles. The number of ether oxygens (including phenoxy) is 1. The topological polar surface area (TPSA) is 47.3 Å². The van der Waals surface area contributed by atoms with Crippen molar-refractivity contribution in [2.24, 2.45) is 0 Å². The molecule has 23 heavy (non-hydrogen) atoms. The fraction of sp³-hybridized carbons (Fsp3) is 0.562. The lowest BCUT2D eigenvalue weighted by molar-refractivity contribution is -0.136. The molecule has 1 aromatic heterocycles. The van der Waals surface area contributed by atoms with Gasteiger partial charge in [-0.1, -0.05) is 13.8 Å². The van der Waals surface area contributed by atoms with Gasteiger partial charge < -0.3 is 14.5 Å².